The van der Waals surface area contributed by atoms with Gasteiger partial charge in [0, 0.05) is 0 Å². The SMILES string of the molecule is CSc1[nH]c2nc(CC(=O)O)[nH]c(=O)c2c1C(N)=O. The van der Waals surface area contributed by atoms with Crippen molar-refractivity contribution in [3.05, 3.63) is 21.7 Å². The highest BCUT2D eigenvalue weighted by atomic mass is 32.2. The van der Waals surface area contributed by atoms with Crippen LogP contribution in [-0.2, 0) is 11.2 Å². The molecule has 2 heterocycles. The standard InChI is InChI=1S/C10H10N4O4S/c1-19-10-5(7(11)17)6-8(14-10)12-3(2-4(15)16)13-9(6)18/h2H2,1H3,(H2,11,17)(H,15,16)(H2,12,13,14,18). The van der Waals surface area contributed by atoms with E-state index in [1.165, 1.54) is 11.8 Å². The summed E-state index contributed by atoms with van der Waals surface area (Å²) < 4.78 is 0. The molecular formula is C10H10N4O4S. The molecule has 5 N–H and O–H groups in total. The van der Waals surface area contributed by atoms with Gasteiger partial charge in [0.2, 0.25) is 0 Å². The summed E-state index contributed by atoms with van der Waals surface area (Å²) in [6.45, 7) is 0. The molecule has 0 aliphatic rings. The Labute approximate surface area is 110 Å². The minimum Gasteiger partial charge on any atom is -0.481 e. The number of aliphatic carboxylic acids is 1. The molecule has 0 saturated carbocycles. The molecule has 8 nitrogen and oxygen atoms in total. The van der Waals surface area contributed by atoms with Crippen molar-refractivity contribution in [2.75, 3.05) is 6.26 Å². The van der Waals surface area contributed by atoms with Crippen LogP contribution in [0.4, 0.5) is 0 Å². The molecule has 2 aromatic rings. The Morgan fingerprint density at radius 3 is 2.63 bits per heavy atom. The van der Waals surface area contributed by atoms with Crippen LogP contribution in [0.15, 0.2) is 9.82 Å². The van der Waals surface area contributed by atoms with E-state index in [2.05, 4.69) is 15.0 Å². The van der Waals surface area contributed by atoms with Gasteiger partial charge in [0.05, 0.1) is 16.0 Å². The van der Waals surface area contributed by atoms with Crippen molar-refractivity contribution < 1.29 is 14.7 Å². The van der Waals surface area contributed by atoms with E-state index in [9.17, 15) is 14.4 Å². The predicted molar refractivity (Wildman–Crippen MR) is 68.4 cm³/mol. The minimum atomic E-state index is -1.12. The van der Waals surface area contributed by atoms with Crippen molar-refractivity contribution >= 4 is 34.7 Å². The third-order valence-electron chi connectivity index (χ3n) is 2.45. The molecule has 0 saturated heterocycles. The number of carboxylic acid groups (broad SMARTS) is 1. The highest BCUT2D eigenvalue weighted by molar-refractivity contribution is 7.98. The van der Waals surface area contributed by atoms with E-state index in [4.69, 9.17) is 10.8 Å². The number of rotatable bonds is 4. The van der Waals surface area contributed by atoms with E-state index >= 15 is 0 Å². The monoisotopic (exact) mass is 282 g/mol. The molecule has 0 bridgehead atoms. The molecule has 100 valence electrons. The fraction of sp³-hybridized carbons (Fsp3) is 0.200. The van der Waals surface area contributed by atoms with Crippen molar-refractivity contribution in [1.82, 2.24) is 15.0 Å². The van der Waals surface area contributed by atoms with Crippen LogP contribution in [0.25, 0.3) is 11.0 Å². The topological polar surface area (TPSA) is 142 Å². The van der Waals surface area contributed by atoms with Crippen molar-refractivity contribution in [2.24, 2.45) is 5.73 Å². The maximum absolute atomic E-state index is 11.9. The molecule has 0 aliphatic carbocycles. The number of amides is 1. The van der Waals surface area contributed by atoms with Gasteiger partial charge in [-0.3, -0.25) is 14.4 Å². The Kier molecular flexibility index (Phi) is 3.30. The fourth-order valence-corrected chi connectivity index (χ4v) is 2.35. The summed E-state index contributed by atoms with van der Waals surface area (Å²) in [5, 5.41) is 9.14. The molecule has 0 spiro atoms. The van der Waals surface area contributed by atoms with E-state index in [0.29, 0.717) is 5.03 Å². The number of hydrogen-bond donors (Lipinski definition) is 4. The van der Waals surface area contributed by atoms with Crippen LogP contribution in [-0.4, -0.2) is 38.2 Å². The second-order valence-electron chi connectivity index (χ2n) is 3.70. The number of thioether (sulfide) groups is 1. The Hall–Kier alpha value is -2.29. The van der Waals surface area contributed by atoms with Crippen LogP contribution >= 0.6 is 11.8 Å². The van der Waals surface area contributed by atoms with Crippen LogP contribution < -0.4 is 11.3 Å². The molecule has 0 fully saturated rings. The van der Waals surface area contributed by atoms with E-state index in [-0.39, 0.29) is 22.4 Å². The highest BCUT2D eigenvalue weighted by Gasteiger charge is 2.20. The van der Waals surface area contributed by atoms with Crippen LogP contribution in [0.5, 0.6) is 0 Å². The molecule has 0 aliphatic heterocycles. The Balaban J connectivity index is 2.75. The van der Waals surface area contributed by atoms with Gasteiger partial charge >= 0.3 is 5.97 Å². The van der Waals surface area contributed by atoms with Crippen molar-refractivity contribution in [2.45, 2.75) is 11.4 Å². The largest absolute Gasteiger partial charge is 0.481 e. The van der Waals surface area contributed by atoms with E-state index in [0.717, 1.165) is 0 Å². The van der Waals surface area contributed by atoms with Crippen LogP contribution in [0.1, 0.15) is 16.2 Å². The minimum absolute atomic E-state index is 0.00919. The number of aromatic amines is 2. The van der Waals surface area contributed by atoms with Gasteiger partial charge in [-0.1, -0.05) is 0 Å². The zero-order chi connectivity index (χ0) is 14.2. The fourth-order valence-electron chi connectivity index (χ4n) is 1.74. The summed E-state index contributed by atoms with van der Waals surface area (Å²) in [5.41, 5.74) is 4.87. The Morgan fingerprint density at radius 2 is 2.11 bits per heavy atom. The highest BCUT2D eigenvalue weighted by Crippen LogP contribution is 2.24. The van der Waals surface area contributed by atoms with Gasteiger partial charge < -0.3 is 20.8 Å². The summed E-state index contributed by atoms with van der Waals surface area (Å²) >= 11 is 1.21. The molecule has 2 rings (SSSR count). The van der Waals surface area contributed by atoms with E-state index in [1.54, 1.807) is 6.26 Å². The number of carbonyl (C=O) groups is 2. The Bertz CT molecular complexity index is 733. The zero-order valence-electron chi connectivity index (χ0n) is 9.81. The molecule has 1 amide bonds. The predicted octanol–water partition coefficient (Wildman–Crippen LogP) is -0.301. The van der Waals surface area contributed by atoms with Crippen LogP contribution in [0.2, 0.25) is 0 Å². The molecule has 9 heteroatoms. The number of carbonyl (C=O) groups excluding carboxylic acids is 1. The lowest BCUT2D eigenvalue weighted by Gasteiger charge is -1.97. The van der Waals surface area contributed by atoms with Gasteiger partial charge in [-0.15, -0.1) is 11.8 Å². The molecule has 0 radical (unpaired) electrons. The van der Waals surface area contributed by atoms with Crippen molar-refractivity contribution in [3.8, 4) is 0 Å². The van der Waals surface area contributed by atoms with Crippen LogP contribution in [0.3, 0.4) is 0 Å². The average Bonchev–Trinajstić information content (AvgIpc) is 2.66. The number of nitrogens with zero attached hydrogens (tertiary/aromatic N) is 1. The average molecular weight is 282 g/mol. The molecule has 0 aromatic carbocycles. The van der Waals surface area contributed by atoms with Gasteiger partial charge in [-0.2, -0.15) is 0 Å². The maximum Gasteiger partial charge on any atom is 0.311 e. The molecule has 0 atom stereocenters. The zero-order valence-corrected chi connectivity index (χ0v) is 10.6. The second kappa shape index (κ2) is 4.76. The van der Waals surface area contributed by atoms with Gasteiger partial charge in [0.1, 0.15) is 17.9 Å². The smallest absolute Gasteiger partial charge is 0.311 e. The van der Waals surface area contributed by atoms with Crippen molar-refractivity contribution in [1.29, 1.82) is 0 Å². The third-order valence-corrected chi connectivity index (χ3v) is 3.16. The first-order chi connectivity index (χ1) is 8.93. The first kappa shape index (κ1) is 13.1. The lowest BCUT2D eigenvalue weighted by molar-refractivity contribution is -0.136. The normalized spacial score (nSPS) is 10.8. The molecule has 0 unspecified atom stereocenters. The number of carboxylic acids is 1. The van der Waals surface area contributed by atoms with E-state index < -0.39 is 23.9 Å². The summed E-state index contributed by atoms with van der Waals surface area (Å²) in [4.78, 5) is 43.0. The number of primary amides is 1. The van der Waals surface area contributed by atoms with Crippen molar-refractivity contribution in [3.63, 3.8) is 0 Å². The van der Waals surface area contributed by atoms with Crippen LogP contribution in [0, 0.1) is 0 Å². The quantitative estimate of drug-likeness (QED) is 0.567. The van der Waals surface area contributed by atoms with Gasteiger partial charge in [-0.05, 0) is 6.26 Å². The Morgan fingerprint density at radius 1 is 1.42 bits per heavy atom. The summed E-state index contributed by atoms with van der Waals surface area (Å²) in [6.07, 6.45) is 1.30. The number of nitrogens with two attached hydrogens (primary N) is 1. The second-order valence-corrected chi connectivity index (χ2v) is 4.52. The number of H-pyrrole nitrogens is 2. The summed E-state index contributed by atoms with van der Waals surface area (Å²) in [5.74, 6) is -1.85. The van der Waals surface area contributed by atoms with Gasteiger partial charge in [-0.25, -0.2) is 4.98 Å². The lowest BCUT2D eigenvalue weighted by atomic mass is 10.2. The van der Waals surface area contributed by atoms with E-state index in [1.807, 2.05) is 0 Å². The van der Waals surface area contributed by atoms with Gasteiger partial charge in [0.15, 0.2) is 0 Å². The first-order valence-electron chi connectivity index (χ1n) is 5.14. The number of hydrogen-bond acceptors (Lipinski definition) is 5. The number of nitrogens with one attached hydrogen (secondary N) is 2. The third kappa shape index (κ3) is 2.32. The summed E-state index contributed by atoms with van der Waals surface area (Å²) in [6, 6.07) is 0. The molecular weight excluding hydrogens is 272 g/mol. The molecule has 2 aromatic heterocycles. The number of fused-ring (bicyclic) bond motifs is 1. The summed E-state index contributed by atoms with van der Waals surface area (Å²) in [7, 11) is 0. The maximum atomic E-state index is 11.9. The van der Waals surface area contributed by atoms with Gasteiger partial charge in [0.25, 0.3) is 11.5 Å². The lowest BCUT2D eigenvalue weighted by Crippen LogP contribution is -2.18. The first-order valence-corrected chi connectivity index (χ1v) is 6.37. The molecule has 19 heavy (non-hydrogen) atoms. The number of aromatic nitrogens is 3.